The molecule has 0 amide bonds. The molecule has 13 heteroatoms. The van der Waals surface area contributed by atoms with Gasteiger partial charge in [-0.25, -0.2) is 29.9 Å². The molecular weight excluding hydrogens is 1520 g/mol. The van der Waals surface area contributed by atoms with Crippen molar-refractivity contribution in [2.24, 2.45) is 0 Å². The first kappa shape index (κ1) is 92.1. The Hall–Kier alpha value is -12.1. The van der Waals surface area contributed by atoms with Crippen molar-refractivity contribution in [3.8, 4) is 113 Å². The molecule has 0 bridgehead atoms. The van der Waals surface area contributed by atoms with E-state index in [-0.39, 0.29) is 81.7 Å². The van der Waals surface area contributed by atoms with Gasteiger partial charge in [0.2, 0.25) is 0 Å². The van der Waals surface area contributed by atoms with Crippen LogP contribution in [0.4, 0.5) is 0 Å². The quantitative estimate of drug-likeness (QED) is 0.0998. The summed E-state index contributed by atoms with van der Waals surface area (Å²) < 4.78 is 0. The van der Waals surface area contributed by atoms with Crippen molar-refractivity contribution < 1.29 is 47.9 Å². The van der Waals surface area contributed by atoms with Crippen molar-refractivity contribution in [2.75, 3.05) is 0 Å². The molecule has 0 aliphatic heterocycles. The van der Waals surface area contributed by atoms with Crippen LogP contribution in [0.25, 0.3) is 145 Å². The van der Waals surface area contributed by atoms with E-state index in [0.29, 0.717) is 46.0 Å². The first-order valence-electron chi connectivity index (χ1n) is 42.5. The fourth-order valence-corrected chi connectivity index (χ4v) is 15.2. The summed E-state index contributed by atoms with van der Waals surface area (Å²) in [5, 5.41) is 29.2. The van der Waals surface area contributed by atoms with Gasteiger partial charge in [0.15, 0.2) is 34.9 Å². The maximum atomic E-state index is 11.3. The second kappa shape index (κ2) is 37.4. The fraction of sp³-hybridized carbons (Fsp3) is 0.241. The molecule has 0 N–H and O–H groups in total. The molecular formula is C112H111Li2N9O2. The number of hydrogen-bond acceptors (Lipinski definition) is 11. The summed E-state index contributed by atoms with van der Waals surface area (Å²) in [5.41, 5.74) is 24.3. The monoisotopic (exact) mass is 1630 g/mol. The third-order valence-corrected chi connectivity index (χ3v) is 22.5. The largest absolute Gasteiger partial charge is 1.00 e. The number of para-hydroxylation sites is 1. The molecule has 11 nitrogen and oxygen atoms in total. The molecule has 0 unspecified atom stereocenters. The molecule has 0 saturated heterocycles. The van der Waals surface area contributed by atoms with Gasteiger partial charge in [-0.3, -0.25) is 15.0 Å². The van der Waals surface area contributed by atoms with E-state index >= 15 is 0 Å². The van der Waals surface area contributed by atoms with Crippen LogP contribution in [0, 0.1) is 20.8 Å². The van der Waals surface area contributed by atoms with Crippen molar-refractivity contribution in [1.82, 2.24) is 44.9 Å². The Morgan fingerprint density at radius 2 is 0.568 bits per heavy atom. The zero-order valence-electron chi connectivity index (χ0n) is 77.1. The van der Waals surface area contributed by atoms with Crippen LogP contribution in [0.1, 0.15) is 175 Å². The number of pyridine rings is 3. The molecule has 12 aromatic carbocycles. The van der Waals surface area contributed by atoms with E-state index in [9.17, 15) is 10.2 Å². The van der Waals surface area contributed by atoms with E-state index in [4.69, 9.17) is 34.9 Å². The Labute approximate surface area is 763 Å². The van der Waals surface area contributed by atoms with Gasteiger partial charge in [0.25, 0.3) is 0 Å². The number of aryl methyl sites for hydroxylation is 3. The molecule has 125 heavy (non-hydrogen) atoms. The topological polar surface area (TPSA) is 162 Å². The molecule has 0 atom stereocenters. The fourth-order valence-electron chi connectivity index (χ4n) is 15.2. The van der Waals surface area contributed by atoms with Crippen LogP contribution in [-0.2, 0) is 32.5 Å². The van der Waals surface area contributed by atoms with Crippen LogP contribution >= 0.6 is 0 Å². The molecule has 17 rings (SSSR count). The summed E-state index contributed by atoms with van der Waals surface area (Å²) in [6.45, 7) is 47.1. The van der Waals surface area contributed by atoms with Crippen LogP contribution in [0.2, 0.25) is 0 Å². The van der Waals surface area contributed by atoms with Gasteiger partial charge in [-0.2, -0.15) is 0 Å². The number of nitrogens with zero attached hydrogens (tertiary/aromatic N) is 9. The van der Waals surface area contributed by atoms with Gasteiger partial charge in [-0.05, 0) is 226 Å². The number of aromatic nitrogens is 9. The Morgan fingerprint density at radius 3 is 1.03 bits per heavy atom. The zero-order chi connectivity index (χ0) is 87.7. The number of rotatable bonds is 9. The van der Waals surface area contributed by atoms with Gasteiger partial charge in [-0.15, -0.1) is 0 Å². The van der Waals surface area contributed by atoms with E-state index in [1.165, 1.54) is 66.6 Å². The molecule has 5 aromatic heterocycles. The molecule has 0 saturated carbocycles. The molecule has 0 aliphatic carbocycles. The van der Waals surface area contributed by atoms with Crippen LogP contribution in [0.3, 0.4) is 0 Å². The Bertz CT molecular complexity index is 6510. The average Bonchev–Trinajstić information content (AvgIpc) is 0.752. The Balaban J connectivity index is 0.000000179. The van der Waals surface area contributed by atoms with Crippen molar-refractivity contribution in [3.63, 3.8) is 0 Å². The molecule has 5 heterocycles. The third-order valence-electron chi connectivity index (χ3n) is 22.5. The van der Waals surface area contributed by atoms with Gasteiger partial charge in [0, 0.05) is 62.7 Å². The van der Waals surface area contributed by atoms with Gasteiger partial charge in [0.1, 0.15) is 0 Å². The minimum Gasteiger partial charge on any atom is -0.871 e. The number of fused-ring (bicyclic) bond motifs is 5. The minimum atomic E-state index is -0.0425. The first-order valence-corrected chi connectivity index (χ1v) is 42.5. The molecule has 0 aliphatic rings. The average molecular weight is 1630 g/mol. The first-order chi connectivity index (χ1) is 58.2. The van der Waals surface area contributed by atoms with Crippen molar-refractivity contribution in [1.29, 1.82) is 0 Å². The van der Waals surface area contributed by atoms with E-state index < -0.39 is 0 Å². The van der Waals surface area contributed by atoms with Gasteiger partial charge in [0.05, 0.1) is 11.0 Å². The van der Waals surface area contributed by atoms with Gasteiger partial charge >= 0.3 is 37.7 Å². The van der Waals surface area contributed by atoms with Gasteiger partial charge in [-0.1, -0.05) is 342 Å². The van der Waals surface area contributed by atoms with Crippen molar-refractivity contribution in [3.05, 3.63) is 342 Å². The number of benzene rings is 12. The predicted octanol–water partition coefficient (Wildman–Crippen LogP) is 21.8. The zero-order valence-corrected chi connectivity index (χ0v) is 77.1. The molecule has 0 radical (unpaired) electrons. The van der Waals surface area contributed by atoms with Crippen LogP contribution < -0.4 is 47.9 Å². The summed E-state index contributed by atoms with van der Waals surface area (Å²) in [6.07, 6.45) is 3.27. The Kier molecular flexibility index (Phi) is 27.6. The molecule has 0 spiro atoms. The van der Waals surface area contributed by atoms with Crippen LogP contribution in [-0.4, -0.2) is 44.9 Å². The third kappa shape index (κ3) is 21.8. The summed E-state index contributed by atoms with van der Waals surface area (Å²) in [7, 11) is 0. The maximum absolute atomic E-state index is 11.3. The number of hydrogen-bond donors (Lipinski definition) is 0. The van der Waals surface area contributed by atoms with Crippen molar-refractivity contribution in [2.45, 2.75) is 178 Å². The second-order valence-corrected chi connectivity index (χ2v) is 38.6. The van der Waals surface area contributed by atoms with E-state index in [0.717, 1.165) is 88.9 Å². The predicted molar refractivity (Wildman–Crippen MR) is 510 cm³/mol. The SMILES string of the molecule is CC(C)(C)c1cc(-c2cccc(-c3nc(-c4cc(C(C)(C)C)cc(C(C)(C)C)c4)nc(-c4cc(C(C)(C)C)cc(C(C)(C)C)c4)n3)c2)cc(C(C)(C)C)c1.Cc1cc([O-])c2ncccc2c1.Cc1ccc(-c2cc(-c3nc(-c4ccccc4)nc(-c4ccccc4)n3)cc(-c3cc4ccccc4c4ccccc34)c2)c(C)n1.[Li+].[Li+].[O-]c1cccc2cccnc12. The van der Waals surface area contributed by atoms with Crippen LogP contribution in [0.15, 0.2) is 291 Å². The standard InChI is InChI=1S/C51H67N3.C42H30N4.C10H9NO.C9H7NO.2Li/c1-46(2,3)37-23-34(24-38(29-37)47(4,5)6)32-20-19-21-33(22-32)43-52-44(35-25-39(48(7,8)9)30-40(26-35)49(10,11)12)54-45(53-43)36-27-41(50(13,14)15)31-42(28-36)51(16,17)18;1-27-21-22-35(28(2)43-27)32-23-33(39-26-31-17-9-10-18-36(31)37-19-11-12-20-38(37)39)25-34(24-32)42-45-40(29-13-5-3-6-14-29)44-41(46-42)30-15-7-4-8-16-30;1-7-5-8-3-2-4-11-10(8)9(12)6-7;11-8-5-1-3-7-4-2-6-10-9(7)8;;/h19-31H,1-18H3;3-26H,1-2H3;2-6,12H,1H3;1-6,11H;;/q;;;;2*+1/p-2. The van der Waals surface area contributed by atoms with Gasteiger partial charge < -0.3 is 10.2 Å². The summed E-state index contributed by atoms with van der Waals surface area (Å²) >= 11 is 0. The van der Waals surface area contributed by atoms with E-state index in [2.05, 4.69) is 305 Å². The van der Waals surface area contributed by atoms with E-state index in [1.54, 1.807) is 24.5 Å². The maximum Gasteiger partial charge on any atom is 1.00 e. The second-order valence-electron chi connectivity index (χ2n) is 38.6. The summed E-state index contributed by atoms with van der Waals surface area (Å²) in [4.78, 5) is 43.8. The smallest absolute Gasteiger partial charge is 0.871 e. The normalized spacial score (nSPS) is 11.8. The van der Waals surface area contributed by atoms with E-state index in [1.807, 2.05) is 111 Å². The molecule has 17 aromatic rings. The summed E-state index contributed by atoms with van der Waals surface area (Å²) in [6, 6.07) is 96.5. The van der Waals surface area contributed by atoms with Crippen molar-refractivity contribution >= 4 is 43.4 Å². The Morgan fingerprint density at radius 1 is 0.224 bits per heavy atom. The summed E-state index contributed by atoms with van der Waals surface area (Å²) in [5.74, 6) is 3.96. The molecule has 618 valence electrons. The van der Waals surface area contributed by atoms with Crippen LogP contribution in [0.5, 0.6) is 11.5 Å². The molecule has 0 fully saturated rings. The minimum absolute atomic E-state index is 0.